The number of halogens is 1. The van der Waals surface area contributed by atoms with Crippen molar-refractivity contribution in [2.45, 2.75) is 6.54 Å². The van der Waals surface area contributed by atoms with Gasteiger partial charge in [-0.25, -0.2) is 4.98 Å². The summed E-state index contributed by atoms with van der Waals surface area (Å²) in [7, 11) is 0. The van der Waals surface area contributed by atoms with Gasteiger partial charge in [-0.3, -0.25) is 4.68 Å². The fraction of sp³-hybridized carbons (Fsp3) is 0.143. The van der Waals surface area contributed by atoms with Crippen LogP contribution in [0.15, 0.2) is 18.6 Å². The van der Waals surface area contributed by atoms with Gasteiger partial charge in [-0.05, 0) is 0 Å². The lowest BCUT2D eigenvalue weighted by Crippen LogP contribution is -1.97. The third kappa shape index (κ3) is 1.99. The van der Waals surface area contributed by atoms with Crippen molar-refractivity contribution in [1.82, 2.24) is 14.8 Å². The number of hydrogen-bond donors (Lipinski definition) is 1. The summed E-state index contributed by atoms with van der Waals surface area (Å²) in [5, 5.41) is 5.26. The highest BCUT2D eigenvalue weighted by molar-refractivity contribution is 7.15. The van der Waals surface area contributed by atoms with Crippen LogP contribution in [0.2, 0.25) is 5.02 Å². The second kappa shape index (κ2) is 3.35. The molecular formula is C7H7ClN4S. The molecule has 2 N–H and O–H groups in total. The number of aromatic nitrogens is 3. The Morgan fingerprint density at radius 1 is 1.54 bits per heavy atom. The molecule has 0 spiro atoms. The van der Waals surface area contributed by atoms with Gasteiger partial charge >= 0.3 is 0 Å². The maximum Gasteiger partial charge on any atom is 0.180 e. The lowest BCUT2D eigenvalue weighted by molar-refractivity contribution is 0.694. The average Bonchev–Trinajstić information content (AvgIpc) is 2.62. The van der Waals surface area contributed by atoms with E-state index in [0.717, 1.165) is 4.88 Å². The lowest BCUT2D eigenvalue weighted by Gasteiger charge is -1.95. The van der Waals surface area contributed by atoms with Gasteiger partial charge in [-0.15, -0.1) is 11.3 Å². The monoisotopic (exact) mass is 214 g/mol. The van der Waals surface area contributed by atoms with E-state index in [1.54, 1.807) is 23.3 Å². The van der Waals surface area contributed by atoms with E-state index in [1.165, 1.54) is 11.3 Å². The van der Waals surface area contributed by atoms with Gasteiger partial charge in [0.25, 0.3) is 0 Å². The van der Waals surface area contributed by atoms with E-state index in [1.807, 2.05) is 0 Å². The van der Waals surface area contributed by atoms with Crippen LogP contribution in [0.5, 0.6) is 0 Å². The average molecular weight is 215 g/mol. The van der Waals surface area contributed by atoms with Crippen molar-refractivity contribution >= 4 is 28.1 Å². The van der Waals surface area contributed by atoms with Crippen molar-refractivity contribution in [3.63, 3.8) is 0 Å². The number of nitrogens with two attached hydrogens (primary N) is 1. The smallest absolute Gasteiger partial charge is 0.180 e. The van der Waals surface area contributed by atoms with E-state index in [4.69, 9.17) is 17.3 Å². The van der Waals surface area contributed by atoms with Gasteiger partial charge in [-0.2, -0.15) is 5.10 Å². The van der Waals surface area contributed by atoms with Crippen LogP contribution in [0.4, 0.5) is 5.13 Å². The molecule has 0 saturated carbocycles. The highest BCUT2D eigenvalue weighted by Gasteiger charge is 2.00. The van der Waals surface area contributed by atoms with Crippen molar-refractivity contribution < 1.29 is 0 Å². The van der Waals surface area contributed by atoms with Crippen molar-refractivity contribution in [2.24, 2.45) is 0 Å². The van der Waals surface area contributed by atoms with Gasteiger partial charge in [-0.1, -0.05) is 11.6 Å². The van der Waals surface area contributed by atoms with Gasteiger partial charge in [0.2, 0.25) is 0 Å². The summed E-state index contributed by atoms with van der Waals surface area (Å²) >= 11 is 7.17. The summed E-state index contributed by atoms with van der Waals surface area (Å²) < 4.78 is 1.75. The molecule has 0 bridgehead atoms. The second-order valence-corrected chi connectivity index (χ2v) is 4.10. The first kappa shape index (κ1) is 8.52. The minimum absolute atomic E-state index is 0.577. The third-order valence-electron chi connectivity index (χ3n) is 1.49. The number of nitrogen functional groups attached to an aromatic ring is 1. The molecule has 0 aliphatic heterocycles. The molecule has 2 rings (SSSR count). The number of hydrogen-bond acceptors (Lipinski definition) is 4. The molecule has 0 fully saturated rings. The highest BCUT2D eigenvalue weighted by Crippen LogP contribution is 2.16. The van der Waals surface area contributed by atoms with E-state index in [-0.39, 0.29) is 0 Å². The fourth-order valence-electron chi connectivity index (χ4n) is 0.980. The van der Waals surface area contributed by atoms with Crippen molar-refractivity contribution in [2.75, 3.05) is 5.73 Å². The van der Waals surface area contributed by atoms with Crippen LogP contribution in [0, 0.1) is 0 Å². The van der Waals surface area contributed by atoms with Crippen LogP contribution in [-0.4, -0.2) is 14.8 Å². The third-order valence-corrected chi connectivity index (χ3v) is 2.50. The van der Waals surface area contributed by atoms with Gasteiger partial charge < -0.3 is 5.73 Å². The van der Waals surface area contributed by atoms with E-state index >= 15 is 0 Å². The molecule has 0 aliphatic rings. The second-order valence-electron chi connectivity index (χ2n) is 2.52. The molecule has 2 aromatic rings. The normalized spacial score (nSPS) is 10.5. The minimum atomic E-state index is 0.577. The first-order valence-corrected chi connectivity index (χ1v) is 4.81. The summed E-state index contributed by atoms with van der Waals surface area (Å²) in [6.45, 7) is 0.668. The van der Waals surface area contributed by atoms with Gasteiger partial charge in [0.15, 0.2) is 5.13 Å². The molecule has 0 aliphatic carbocycles. The zero-order valence-corrected chi connectivity index (χ0v) is 8.22. The summed E-state index contributed by atoms with van der Waals surface area (Å²) in [4.78, 5) is 5.01. The molecule has 0 unspecified atom stereocenters. The molecule has 2 aromatic heterocycles. The Morgan fingerprint density at radius 3 is 2.92 bits per heavy atom. The van der Waals surface area contributed by atoms with Crippen LogP contribution in [0.1, 0.15) is 4.88 Å². The van der Waals surface area contributed by atoms with E-state index in [2.05, 4.69) is 10.1 Å². The lowest BCUT2D eigenvalue weighted by atomic mass is 10.5. The van der Waals surface area contributed by atoms with Crippen LogP contribution in [0.25, 0.3) is 0 Å². The van der Waals surface area contributed by atoms with Crippen LogP contribution >= 0.6 is 22.9 Å². The largest absolute Gasteiger partial charge is 0.375 e. The topological polar surface area (TPSA) is 56.7 Å². The molecule has 0 saturated heterocycles. The number of rotatable bonds is 2. The predicted octanol–water partition coefficient (Wildman–Crippen LogP) is 1.62. The van der Waals surface area contributed by atoms with Gasteiger partial charge in [0.1, 0.15) is 0 Å². The summed E-state index contributed by atoms with van der Waals surface area (Å²) in [6, 6.07) is 0. The van der Waals surface area contributed by atoms with Crippen molar-refractivity contribution in [3.8, 4) is 0 Å². The quantitative estimate of drug-likeness (QED) is 0.827. The molecule has 0 atom stereocenters. The Labute approximate surface area is 84.0 Å². The fourth-order valence-corrected chi connectivity index (χ4v) is 1.81. The number of nitrogens with zero attached hydrogens (tertiary/aromatic N) is 3. The summed E-state index contributed by atoms with van der Waals surface area (Å²) in [5.41, 5.74) is 5.49. The van der Waals surface area contributed by atoms with Gasteiger partial charge in [0.05, 0.1) is 17.8 Å². The SMILES string of the molecule is Nc1ncc(Cn2cc(Cl)cn2)s1. The Kier molecular flexibility index (Phi) is 2.20. The maximum absolute atomic E-state index is 5.71. The van der Waals surface area contributed by atoms with E-state index in [9.17, 15) is 0 Å². The summed E-state index contributed by atoms with van der Waals surface area (Å²) in [5.74, 6) is 0. The van der Waals surface area contributed by atoms with Crippen molar-refractivity contribution in [3.05, 3.63) is 28.5 Å². The Bertz CT molecular complexity index is 370. The maximum atomic E-state index is 5.71. The minimum Gasteiger partial charge on any atom is -0.375 e. The van der Waals surface area contributed by atoms with Crippen molar-refractivity contribution in [1.29, 1.82) is 0 Å². The molecule has 13 heavy (non-hydrogen) atoms. The molecule has 0 radical (unpaired) electrons. The van der Waals surface area contributed by atoms with E-state index < -0.39 is 0 Å². The predicted molar refractivity (Wildman–Crippen MR) is 52.9 cm³/mol. The van der Waals surface area contributed by atoms with Crippen LogP contribution in [-0.2, 0) is 6.54 Å². The molecule has 68 valence electrons. The molecule has 0 aromatic carbocycles. The van der Waals surface area contributed by atoms with E-state index in [0.29, 0.717) is 16.7 Å². The molecule has 0 amide bonds. The molecular weight excluding hydrogens is 208 g/mol. The van der Waals surface area contributed by atoms with Crippen LogP contribution < -0.4 is 5.73 Å². The van der Waals surface area contributed by atoms with Gasteiger partial charge in [0, 0.05) is 17.3 Å². The standard InChI is InChI=1S/C7H7ClN4S/c8-5-1-11-12(3-5)4-6-2-10-7(9)13-6/h1-3H,4H2,(H2,9,10). The number of thiazole rings is 1. The zero-order chi connectivity index (χ0) is 9.26. The Morgan fingerprint density at radius 2 is 2.38 bits per heavy atom. The Hall–Kier alpha value is -1.07. The molecule has 6 heteroatoms. The first-order chi connectivity index (χ1) is 6.24. The molecule has 2 heterocycles. The van der Waals surface area contributed by atoms with Crippen LogP contribution in [0.3, 0.4) is 0 Å². The highest BCUT2D eigenvalue weighted by atomic mass is 35.5. The first-order valence-electron chi connectivity index (χ1n) is 3.62. The number of anilines is 1. The summed E-state index contributed by atoms with van der Waals surface area (Å²) in [6.07, 6.45) is 5.11. The Balaban J connectivity index is 2.14. The zero-order valence-electron chi connectivity index (χ0n) is 6.64. The molecule has 4 nitrogen and oxygen atoms in total.